The van der Waals surface area contributed by atoms with Gasteiger partial charge in [0.05, 0.1) is 16.8 Å². The molecule has 0 aliphatic heterocycles. The number of para-hydroxylation sites is 1. The first kappa shape index (κ1) is 19.6. The molecule has 1 heterocycles. The molecule has 1 amide bonds. The van der Waals surface area contributed by atoms with E-state index in [4.69, 9.17) is 16.6 Å². The number of nitrogens with one attached hydrogen (secondary N) is 1. The zero-order valence-corrected chi connectivity index (χ0v) is 18.2. The smallest absolute Gasteiger partial charge is 0.252 e. The Hall–Kier alpha value is -2.39. The Labute approximate surface area is 182 Å². The van der Waals surface area contributed by atoms with Crippen LogP contribution in [0.5, 0.6) is 0 Å². The van der Waals surface area contributed by atoms with Crippen molar-refractivity contribution < 1.29 is 4.79 Å². The van der Waals surface area contributed by atoms with Crippen LogP contribution in [-0.4, -0.2) is 16.9 Å². The maximum Gasteiger partial charge on any atom is 0.252 e. The molecule has 2 aliphatic rings. The van der Waals surface area contributed by atoms with Gasteiger partial charge in [-0.2, -0.15) is 0 Å². The molecule has 2 bridgehead atoms. The van der Waals surface area contributed by atoms with Crippen LogP contribution in [0.1, 0.15) is 48.5 Å². The first-order chi connectivity index (χ1) is 14.5. The lowest BCUT2D eigenvalue weighted by atomic mass is 9.84. The molecule has 154 valence electrons. The fraction of sp³-hybridized carbons (Fsp3) is 0.385. The predicted octanol–water partition coefficient (Wildman–Crippen LogP) is 6.42. The number of amides is 1. The zero-order valence-electron chi connectivity index (χ0n) is 17.5. The lowest BCUT2D eigenvalue weighted by Gasteiger charge is -2.29. The lowest BCUT2D eigenvalue weighted by molar-refractivity contribution is 0.0916. The summed E-state index contributed by atoms with van der Waals surface area (Å²) in [6.45, 7) is 4.17. The maximum absolute atomic E-state index is 13.5. The van der Waals surface area contributed by atoms with Crippen LogP contribution in [-0.2, 0) is 0 Å². The van der Waals surface area contributed by atoms with Crippen molar-refractivity contribution in [2.75, 3.05) is 0 Å². The number of pyridine rings is 1. The second kappa shape index (κ2) is 7.70. The van der Waals surface area contributed by atoms with E-state index in [1.807, 2.05) is 55.5 Å². The van der Waals surface area contributed by atoms with Crippen LogP contribution < -0.4 is 5.32 Å². The summed E-state index contributed by atoms with van der Waals surface area (Å²) < 4.78 is 0. The minimum Gasteiger partial charge on any atom is -0.349 e. The number of benzene rings is 2. The molecule has 0 spiro atoms. The van der Waals surface area contributed by atoms with Crippen molar-refractivity contribution in [2.45, 2.75) is 45.6 Å². The minimum atomic E-state index is 0.00431. The molecule has 0 radical (unpaired) electrons. The third-order valence-electron chi connectivity index (χ3n) is 7.25. The van der Waals surface area contributed by atoms with E-state index in [-0.39, 0.29) is 11.9 Å². The molecule has 2 fully saturated rings. The van der Waals surface area contributed by atoms with Gasteiger partial charge in [0.1, 0.15) is 0 Å². The second-order valence-corrected chi connectivity index (χ2v) is 9.53. The Kier molecular flexibility index (Phi) is 5.02. The zero-order chi connectivity index (χ0) is 20.8. The number of carbonyl (C=O) groups excluding carboxylic acids is 1. The van der Waals surface area contributed by atoms with Gasteiger partial charge >= 0.3 is 0 Å². The molecule has 0 saturated heterocycles. The summed E-state index contributed by atoms with van der Waals surface area (Å²) in [5.41, 5.74) is 4.20. The van der Waals surface area contributed by atoms with Crippen molar-refractivity contribution in [3.63, 3.8) is 0 Å². The van der Waals surface area contributed by atoms with Crippen molar-refractivity contribution in [1.29, 1.82) is 0 Å². The number of hydrogen-bond donors (Lipinski definition) is 1. The molecule has 3 nitrogen and oxygen atoms in total. The summed E-state index contributed by atoms with van der Waals surface area (Å²) >= 11 is 6.23. The third-order valence-corrected chi connectivity index (χ3v) is 7.49. The van der Waals surface area contributed by atoms with Crippen molar-refractivity contribution in [3.8, 4) is 11.3 Å². The molecule has 2 saturated carbocycles. The fourth-order valence-electron chi connectivity index (χ4n) is 5.81. The first-order valence-electron chi connectivity index (χ1n) is 11.0. The number of aromatic nitrogens is 1. The maximum atomic E-state index is 13.5. The van der Waals surface area contributed by atoms with Crippen LogP contribution in [0.2, 0.25) is 5.02 Å². The summed E-state index contributed by atoms with van der Waals surface area (Å²) in [6.07, 6.45) is 5.31. The number of rotatable bonds is 4. The number of hydrogen-bond acceptors (Lipinski definition) is 2. The van der Waals surface area contributed by atoms with Crippen LogP contribution in [0, 0.1) is 24.7 Å². The van der Waals surface area contributed by atoms with Gasteiger partial charge in [-0.3, -0.25) is 4.79 Å². The monoisotopic (exact) mass is 418 g/mol. The highest BCUT2D eigenvalue weighted by Gasteiger charge is 2.42. The van der Waals surface area contributed by atoms with Crippen molar-refractivity contribution in [1.82, 2.24) is 10.3 Å². The summed E-state index contributed by atoms with van der Waals surface area (Å²) in [6, 6.07) is 15.8. The molecular weight excluding hydrogens is 392 g/mol. The van der Waals surface area contributed by atoms with Gasteiger partial charge in [0, 0.05) is 22.0 Å². The summed E-state index contributed by atoms with van der Waals surface area (Å²) in [5, 5.41) is 4.92. The Balaban J connectivity index is 1.54. The van der Waals surface area contributed by atoms with E-state index in [2.05, 4.69) is 12.2 Å². The van der Waals surface area contributed by atoms with E-state index < -0.39 is 0 Å². The lowest BCUT2D eigenvalue weighted by Crippen LogP contribution is -2.40. The molecule has 2 aromatic carbocycles. The summed E-state index contributed by atoms with van der Waals surface area (Å²) in [7, 11) is 0. The average molecular weight is 419 g/mol. The number of nitrogens with zero attached hydrogens (tertiary/aromatic N) is 1. The van der Waals surface area contributed by atoms with Gasteiger partial charge in [-0.25, -0.2) is 4.98 Å². The Morgan fingerprint density at radius 3 is 2.70 bits per heavy atom. The standard InChI is InChI=1S/C26H27ClN2O/c1-15-24(26(30)28-16(2)22-13-17-10-11-18(22)12-17)21-8-3-4-9-23(21)29-25(15)19-6-5-7-20(27)14-19/h3-9,14,16-18,22H,10-13H2,1-2H3,(H,28,30)/t16-,17-,18-,22+/m0/s1. The number of halogens is 1. The van der Waals surface area contributed by atoms with Crippen molar-refractivity contribution in [2.24, 2.45) is 17.8 Å². The molecule has 2 aliphatic carbocycles. The highest BCUT2D eigenvalue weighted by atomic mass is 35.5. The molecule has 1 N–H and O–H groups in total. The van der Waals surface area contributed by atoms with Gasteiger partial charge in [-0.1, -0.05) is 48.4 Å². The Morgan fingerprint density at radius 1 is 1.13 bits per heavy atom. The third kappa shape index (κ3) is 3.39. The Bertz CT molecular complexity index is 1130. The van der Waals surface area contributed by atoms with Crippen LogP contribution in [0.4, 0.5) is 0 Å². The van der Waals surface area contributed by atoms with E-state index in [1.165, 1.54) is 25.7 Å². The van der Waals surface area contributed by atoms with E-state index in [0.717, 1.165) is 45.1 Å². The minimum absolute atomic E-state index is 0.00431. The molecule has 3 aromatic rings. The SMILES string of the molecule is Cc1c(-c2cccc(Cl)c2)nc2ccccc2c1C(=O)N[C@@H](C)[C@H]1C[C@H]2CC[C@H]1C2. The highest BCUT2D eigenvalue weighted by Crippen LogP contribution is 2.49. The largest absolute Gasteiger partial charge is 0.349 e. The number of carbonyl (C=O) groups is 1. The topological polar surface area (TPSA) is 42.0 Å². The van der Waals surface area contributed by atoms with Gasteiger partial charge in [-0.05, 0) is 74.6 Å². The Morgan fingerprint density at radius 2 is 1.97 bits per heavy atom. The van der Waals surface area contributed by atoms with Gasteiger partial charge < -0.3 is 5.32 Å². The molecule has 1 aromatic heterocycles. The van der Waals surface area contributed by atoms with Crippen LogP contribution in [0.25, 0.3) is 22.2 Å². The van der Waals surface area contributed by atoms with Crippen LogP contribution in [0.3, 0.4) is 0 Å². The molecule has 4 heteroatoms. The van der Waals surface area contributed by atoms with Gasteiger partial charge in [0.25, 0.3) is 5.91 Å². The molecule has 0 unspecified atom stereocenters. The quantitative estimate of drug-likeness (QED) is 0.531. The van der Waals surface area contributed by atoms with E-state index in [9.17, 15) is 4.79 Å². The van der Waals surface area contributed by atoms with Gasteiger partial charge in [0.15, 0.2) is 0 Å². The molecule has 30 heavy (non-hydrogen) atoms. The second-order valence-electron chi connectivity index (χ2n) is 9.09. The highest BCUT2D eigenvalue weighted by molar-refractivity contribution is 6.30. The molecule has 5 rings (SSSR count). The van der Waals surface area contributed by atoms with Gasteiger partial charge in [0.2, 0.25) is 0 Å². The predicted molar refractivity (Wildman–Crippen MR) is 123 cm³/mol. The van der Waals surface area contributed by atoms with Crippen LogP contribution in [0.15, 0.2) is 48.5 Å². The van der Waals surface area contributed by atoms with E-state index >= 15 is 0 Å². The van der Waals surface area contributed by atoms with Crippen molar-refractivity contribution >= 4 is 28.4 Å². The van der Waals surface area contributed by atoms with Gasteiger partial charge in [-0.15, -0.1) is 0 Å². The first-order valence-corrected chi connectivity index (χ1v) is 11.3. The fourth-order valence-corrected chi connectivity index (χ4v) is 6.00. The van der Waals surface area contributed by atoms with E-state index in [1.54, 1.807) is 0 Å². The van der Waals surface area contributed by atoms with Crippen molar-refractivity contribution in [3.05, 3.63) is 64.7 Å². The summed E-state index contributed by atoms with van der Waals surface area (Å²) in [5.74, 6) is 2.26. The summed E-state index contributed by atoms with van der Waals surface area (Å²) in [4.78, 5) is 18.4. The molecular formula is C26H27ClN2O. The molecule has 4 atom stereocenters. The number of fused-ring (bicyclic) bond motifs is 3. The van der Waals surface area contributed by atoms with E-state index in [0.29, 0.717) is 10.9 Å². The van der Waals surface area contributed by atoms with Crippen LogP contribution >= 0.6 is 11.6 Å². The normalized spacial score (nSPS) is 23.6. The average Bonchev–Trinajstić information content (AvgIpc) is 3.37.